The highest BCUT2D eigenvalue weighted by Crippen LogP contribution is 2.32. The van der Waals surface area contributed by atoms with Crippen molar-refractivity contribution in [3.8, 4) is 21.0 Å². The summed E-state index contributed by atoms with van der Waals surface area (Å²) in [5, 5.41) is 1.04. The topological polar surface area (TPSA) is 64.9 Å². The Hall–Kier alpha value is -2.01. The maximum atomic E-state index is 5.65. The van der Waals surface area contributed by atoms with Crippen molar-refractivity contribution in [1.29, 1.82) is 0 Å². The SMILES string of the molecule is NCCc1cccc(-c2cnc(-c3cccc(CCN)c3)s2)c1. The summed E-state index contributed by atoms with van der Waals surface area (Å²) >= 11 is 1.72. The van der Waals surface area contributed by atoms with Gasteiger partial charge in [0.05, 0.1) is 4.88 Å². The predicted molar refractivity (Wildman–Crippen MR) is 98.5 cm³/mol. The quantitative estimate of drug-likeness (QED) is 0.730. The number of hydrogen-bond acceptors (Lipinski definition) is 4. The first-order chi connectivity index (χ1) is 11.3. The lowest BCUT2D eigenvalue weighted by molar-refractivity contribution is 0.969. The van der Waals surface area contributed by atoms with Crippen LogP contribution < -0.4 is 11.5 Å². The molecular formula is C19H21N3S. The van der Waals surface area contributed by atoms with Crippen LogP contribution >= 0.6 is 11.3 Å². The first-order valence-corrected chi connectivity index (χ1v) is 8.66. The number of aromatic nitrogens is 1. The average Bonchev–Trinajstić information content (AvgIpc) is 3.06. The third kappa shape index (κ3) is 3.85. The molecule has 4 heteroatoms. The van der Waals surface area contributed by atoms with E-state index in [1.807, 2.05) is 6.20 Å². The lowest BCUT2D eigenvalue weighted by Crippen LogP contribution is -2.02. The number of nitrogens with zero attached hydrogens (tertiary/aromatic N) is 1. The van der Waals surface area contributed by atoms with E-state index in [1.54, 1.807) is 11.3 Å². The van der Waals surface area contributed by atoms with E-state index in [0.29, 0.717) is 13.1 Å². The van der Waals surface area contributed by atoms with E-state index in [0.717, 1.165) is 23.4 Å². The molecule has 0 amide bonds. The summed E-state index contributed by atoms with van der Waals surface area (Å²) in [6.07, 6.45) is 3.75. The van der Waals surface area contributed by atoms with Crippen molar-refractivity contribution in [1.82, 2.24) is 4.98 Å². The Balaban J connectivity index is 1.88. The van der Waals surface area contributed by atoms with E-state index in [-0.39, 0.29) is 0 Å². The van der Waals surface area contributed by atoms with E-state index in [1.165, 1.54) is 21.6 Å². The van der Waals surface area contributed by atoms with E-state index in [2.05, 4.69) is 53.5 Å². The standard InChI is InChI=1S/C19H21N3S/c20-9-7-14-3-1-5-16(11-14)18-13-22-19(23-18)17-6-2-4-15(12-17)8-10-21/h1-6,11-13H,7-10,20-21H2. The Morgan fingerprint density at radius 3 is 2.09 bits per heavy atom. The minimum Gasteiger partial charge on any atom is -0.330 e. The van der Waals surface area contributed by atoms with Crippen molar-refractivity contribution in [3.05, 3.63) is 65.9 Å². The van der Waals surface area contributed by atoms with Crippen molar-refractivity contribution in [2.75, 3.05) is 13.1 Å². The second-order valence-electron chi connectivity index (χ2n) is 5.51. The van der Waals surface area contributed by atoms with Gasteiger partial charge in [-0.25, -0.2) is 4.98 Å². The third-order valence-corrected chi connectivity index (χ3v) is 4.85. The van der Waals surface area contributed by atoms with Crippen molar-refractivity contribution in [3.63, 3.8) is 0 Å². The lowest BCUT2D eigenvalue weighted by Gasteiger charge is -2.02. The van der Waals surface area contributed by atoms with Crippen LogP contribution in [0, 0.1) is 0 Å². The van der Waals surface area contributed by atoms with E-state index in [9.17, 15) is 0 Å². The van der Waals surface area contributed by atoms with Crippen molar-refractivity contribution in [2.24, 2.45) is 11.5 Å². The van der Waals surface area contributed by atoms with Gasteiger partial charge in [0.15, 0.2) is 0 Å². The first-order valence-electron chi connectivity index (χ1n) is 7.85. The number of benzene rings is 2. The summed E-state index contributed by atoms with van der Waals surface area (Å²) in [7, 11) is 0. The Bertz CT molecular complexity index is 716. The molecule has 23 heavy (non-hydrogen) atoms. The fourth-order valence-corrected chi connectivity index (χ4v) is 3.52. The molecule has 0 saturated heterocycles. The van der Waals surface area contributed by atoms with Crippen molar-refractivity contribution >= 4 is 11.3 Å². The van der Waals surface area contributed by atoms with Gasteiger partial charge in [0.25, 0.3) is 0 Å². The molecule has 0 saturated carbocycles. The van der Waals surface area contributed by atoms with E-state index in [4.69, 9.17) is 11.5 Å². The van der Waals surface area contributed by atoms with E-state index >= 15 is 0 Å². The molecule has 2 aromatic carbocycles. The highest BCUT2D eigenvalue weighted by atomic mass is 32.1. The molecule has 1 aromatic heterocycles. The Morgan fingerprint density at radius 2 is 1.43 bits per heavy atom. The van der Waals surface area contributed by atoms with Crippen LogP contribution in [-0.2, 0) is 12.8 Å². The number of nitrogens with two attached hydrogens (primary N) is 2. The molecule has 0 aliphatic carbocycles. The van der Waals surface area contributed by atoms with E-state index < -0.39 is 0 Å². The van der Waals surface area contributed by atoms with Crippen LogP contribution in [0.5, 0.6) is 0 Å². The molecular weight excluding hydrogens is 302 g/mol. The monoisotopic (exact) mass is 323 g/mol. The van der Waals surface area contributed by atoms with Crippen LogP contribution in [-0.4, -0.2) is 18.1 Å². The zero-order chi connectivity index (χ0) is 16.1. The fourth-order valence-electron chi connectivity index (χ4n) is 2.61. The molecule has 0 fully saturated rings. The normalized spacial score (nSPS) is 10.9. The zero-order valence-corrected chi connectivity index (χ0v) is 13.9. The minimum absolute atomic E-state index is 0.667. The molecule has 0 bridgehead atoms. The fraction of sp³-hybridized carbons (Fsp3) is 0.211. The first kappa shape index (κ1) is 15.9. The smallest absolute Gasteiger partial charge is 0.123 e. The summed E-state index contributed by atoms with van der Waals surface area (Å²) in [6, 6.07) is 17.0. The molecule has 0 radical (unpaired) electrons. The second kappa shape index (κ2) is 7.51. The van der Waals surface area contributed by atoms with Gasteiger partial charge in [-0.15, -0.1) is 11.3 Å². The van der Waals surface area contributed by atoms with Gasteiger partial charge in [0, 0.05) is 11.8 Å². The molecule has 1 heterocycles. The zero-order valence-electron chi connectivity index (χ0n) is 13.0. The van der Waals surface area contributed by atoms with Gasteiger partial charge in [-0.05, 0) is 48.7 Å². The number of thiazole rings is 1. The minimum atomic E-state index is 0.667. The summed E-state index contributed by atoms with van der Waals surface area (Å²) < 4.78 is 0. The van der Waals surface area contributed by atoms with Crippen LogP contribution in [0.15, 0.2) is 54.7 Å². The summed E-state index contributed by atoms with van der Waals surface area (Å²) in [4.78, 5) is 5.79. The van der Waals surface area contributed by atoms with Gasteiger partial charge in [-0.3, -0.25) is 0 Å². The third-order valence-electron chi connectivity index (χ3n) is 3.76. The van der Waals surface area contributed by atoms with Gasteiger partial charge in [0.2, 0.25) is 0 Å². The molecule has 0 aliphatic heterocycles. The molecule has 0 spiro atoms. The van der Waals surface area contributed by atoms with Crippen molar-refractivity contribution in [2.45, 2.75) is 12.8 Å². The molecule has 0 aliphatic rings. The number of hydrogen-bond donors (Lipinski definition) is 2. The van der Waals surface area contributed by atoms with Crippen LogP contribution in [0.25, 0.3) is 21.0 Å². The van der Waals surface area contributed by atoms with Gasteiger partial charge >= 0.3 is 0 Å². The Morgan fingerprint density at radius 1 is 0.826 bits per heavy atom. The highest BCUT2D eigenvalue weighted by molar-refractivity contribution is 7.18. The summed E-state index contributed by atoms with van der Waals surface area (Å²) in [5.74, 6) is 0. The van der Waals surface area contributed by atoms with Crippen LogP contribution in [0.2, 0.25) is 0 Å². The second-order valence-corrected chi connectivity index (χ2v) is 6.54. The molecule has 3 rings (SSSR count). The van der Waals surface area contributed by atoms with Crippen LogP contribution in [0.1, 0.15) is 11.1 Å². The van der Waals surface area contributed by atoms with Gasteiger partial charge in [-0.1, -0.05) is 42.5 Å². The van der Waals surface area contributed by atoms with Gasteiger partial charge in [0.1, 0.15) is 5.01 Å². The Kier molecular flexibility index (Phi) is 5.18. The average molecular weight is 323 g/mol. The predicted octanol–water partition coefficient (Wildman–Crippen LogP) is 3.48. The summed E-state index contributed by atoms with van der Waals surface area (Å²) in [6.45, 7) is 1.34. The summed E-state index contributed by atoms with van der Waals surface area (Å²) in [5.41, 5.74) is 16.2. The Labute approximate surface area is 141 Å². The van der Waals surface area contributed by atoms with Gasteiger partial charge < -0.3 is 11.5 Å². The highest BCUT2D eigenvalue weighted by Gasteiger charge is 2.08. The largest absolute Gasteiger partial charge is 0.330 e. The molecule has 4 N–H and O–H groups in total. The molecule has 0 atom stereocenters. The molecule has 118 valence electrons. The molecule has 0 unspecified atom stereocenters. The maximum Gasteiger partial charge on any atom is 0.123 e. The van der Waals surface area contributed by atoms with Crippen LogP contribution in [0.3, 0.4) is 0 Å². The maximum absolute atomic E-state index is 5.65. The molecule has 3 aromatic rings. The molecule has 3 nitrogen and oxygen atoms in total. The number of rotatable bonds is 6. The van der Waals surface area contributed by atoms with Gasteiger partial charge in [-0.2, -0.15) is 0 Å². The lowest BCUT2D eigenvalue weighted by atomic mass is 10.1. The van der Waals surface area contributed by atoms with Crippen LogP contribution in [0.4, 0.5) is 0 Å². The van der Waals surface area contributed by atoms with Crippen molar-refractivity contribution < 1.29 is 0 Å².